The van der Waals surface area contributed by atoms with E-state index in [4.69, 9.17) is 0 Å². The minimum Gasteiger partial charge on any atom is -0.388 e. The van der Waals surface area contributed by atoms with Crippen LogP contribution in [0.3, 0.4) is 0 Å². The molecule has 1 aromatic carbocycles. The molecule has 0 unspecified atom stereocenters. The maximum absolute atomic E-state index is 10.4. The molecule has 0 spiro atoms. The Kier molecular flexibility index (Phi) is 3.49. The van der Waals surface area contributed by atoms with Crippen LogP contribution in [-0.4, -0.2) is 17.3 Å². The lowest BCUT2D eigenvalue weighted by Crippen LogP contribution is -2.40. The third kappa shape index (κ3) is 2.99. The molecule has 0 bridgehead atoms. The normalized spacial score (nSPS) is 30.0. The van der Waals surface area contributed by atoms with Crippen LogP contribution >= 0.6 is 0 Å². The number of aliphatic hydroxyl groups is 1. The van der Waals surface area contributed by atoms with Crippen molar-refractivity contribution >= 4 is 5.69 Å². The molecule has 88 valence electrons. The van der Waals surface area contributed by atoms with Gasteiger partial charge in [0.25, 0.3) is 0 Å². The average molecular weight is 219 g/mol. The van der Waals surface area contributed by atoms with Crippen LogP contribution in [0, 0.1) is 5.92 Å². The molecule has 0 atom stereocenters. The first-order valence-corrected chi connectivity index (χ1v) is 6.19. The minimum absolute atomic E-state index is 0.498. The van der Waals surface area contributed by atoms with E-state index in [-0.39, 0.29) is 0 Å². The molecular weight excluding hydrogens is 198 g/mol. The number of anilines is 1. The van der Waals surface area contributed by atoms with E-state index in [2.05, 4.69) is 12.2 Å². The van der Waals surface area contributed by atoms with Gasteiger partial charge in [0.05, 0.1) is 5.60 Å². The first kappa shape index (κ1) is 11.5. The summed E-state index contributed by atoms with van der Waals surface area (Å²) in [6, 6.07) is 10.1. The number of hydrogen-bond donors (Lipinski definition) is 2. The highest BCUT2D eigenvalue weighted by Crippen LogP contribution is 2.31. The van der Waals surface area contributed by atoms with Crippen LogP contribution < -0.4 is 5.32 Å². The van der Waals surface area contributed by atoms with E-state index in [1.165, 1.54) is 0 Å². The average Bonchev–Trinajstić information content (AvgIpc) is 2.33. The quantitative estimate of drug-likeness (QED) is 0.819. The van der Waals surface area contributed by atoms with Gasteiger partial charge in [0.15, 0.2) is 0 Å². The highest BCUT2D eigenvalue weighted by molar-refractivity contribution is 5.42. The van der Waals surface area contributed by atoms with Crippen molar-refractivity contribution in [2.75, 3.05) is 11.9 Å². The van der Waals surface area contributed by atoms with Crippen LogP contribution in [-0.2, 0) is 0 Å². The fourth-order valence-corrected chi connectivity index (χ4v) is 2.30. The molecule has 1 fully saturated rings. The van der Waals surface area contributed by atoms with Gasteiger partial charge < -0.3 is 10.4 Å². The van der Waals surface area contributed by atoms with Gasteiger partial charge in [-0.05, 0) is 43.7 Å². The summed E-state index contributed by atoms with van der Waals surface area (Å²) in [6.07, 6.45) is 4.14. The Morgan fingerprint density at radius 3 is 2.50 bits per heavy atom. The number of rotatable bonds is 3. The molecule has 1 aliphatic carbocycles. The van der Waals surface area contributed by atoms with Crippen molar-refractivity contribution in [2.24, 2.45) is 5.92 Å². The van der Waals surface area contributed by atoms with E-state index in [9.17, 15) is 5.11 Å². The largest absolute Gasteiger partial charge is 0.388 e. The van der Waals surface area contributed by atoms with E-state index in [1.807, 2.05) is 30.3 Å². The van der Waals surface area contributed by atoms with Gasteiger partial charge in [-0.3, -0.25) is 0 Å². The summed E-state index contributed by atoms with van der Waals surface area (Å²) in [4.78, 5) is 0. The molecule has 2 nitrogen and oxygen atoms in total. The van der Waals surface area contributed by atoms with Crippen LogP contribution in [0.1, 0.15) is 32.6 Å². The minimum atomic E-state index is -0.498. The number of benzene rings is 1. The molecule has 2 heteroatoms. The Morgan fingerprint density at radius 1 is 1.25 bits per heavy atom. The lowest BCUT2D eigenvalue weighted by molar-refractivity contribution is 0.00501. The van der Waals surface area contributed by atoms with Gasteiger partial charge in [0.2, 0.25) is 0 Å². The molecule has 0 heterocycles. The fraction of sp³-hybridized carbons (Fsp3) is 0.571. The number of nitrogens with one attached hydrogen (secondary N) is 1. The molecule has 16 heavy (non-hydrogen) atoms. The van der Waals surface area contributed by atoms with E-state index < -0.39 is 5.60 Å². The predicted octanol–water partition coefficient (Wildman–Crippen LogP) is 3.04. The van der Waals surface area contributed by atoms with Gasteiger partial charge in [0, 0.05) is 12.2 Å². The zero-order valence-corrected chi connectivity index (χ0v) is 9.95. The molecule has 0 aromatic heterocycles. The molecule has 0 saturated heterocycles. The van der Waals surface area contributed by atoms with E-state index in [1.54, 1.807) is 0 Å². The predicted molar refractivity (Wildman–Crippen MR) is 67.5 cm³/mol. The van der Waals surface area contributed by atoms with Crippen molar-refractivity contribution in [1.29, 1.82) is 0 Å². The van der Waals surface area contributed by atoms with Gasteiger partial charge in [-0.25, -0.2) is 0 Å². The van der Waals surface area contributed by atoms with Crippen molar-refractivity contribution in [3.63, 3.8) is 0 Å². The maximum Gasteiger partial charge on any atom is 0.0819 e. The Hall–Kier alpha value is -1.02. The third-order valence-electron chi connectivity index (χ3n) is 3.60. The van der Waals surface area contributed by atoms with Crippen molar-refractivity contribution in [1.82, 2.24) is 0 Å². The molecular formula is C14H21NO. The van der Waals surface area contributed by atoms with Crippen molar-refractivity contribution < 1.29 is 5.11 Å². The molecule has 0 amide bonds. The Morgan fingerprint density at radius 2 is 1.88 bits per heavy atom. The summed E-state index contributed by atoms with van der Waals surface area (Å²) in [6.45, 7) is 2.94. The fourth-order valence-electron chi connectivity index (χ4n) is 2.30. The van der Waals surface area contributed by atoms with Gasteiger partial charge in [-0.1, -0.05) is 25.1 Å². The van der Waals surface area contributed by atoms with Crippen molar-refractivity contribution in [2.45, 2.75) is 38.2 Å². The second kappa shape index (κ2) is 4.88. The zero-order valence-electron chi connectivity index (χ0n) is 9.95. The second-order valence-electron chi connectivity index (χ2n) is 5.13. The Balaban J connectivity index is 1.85. The van der Waals surface area contributed by atoms with Gasteiger partial charge in [-0.2, -0.15) is 0 Å². The van der Waals surface area contributed by atoms with E-state index >= 15 is 0 Å². The van der Waals surface area contributed by atoms with E-state index in [0.29, 0.717) is 6.54 Å². The summed E-state index contributed by atoms with van der Waals surface area (Å²) in [5.41, 5.74) is 0.595. The summed E-state index contributed by atoms with van der Waals surface area (Å²) in [7, 11) is 0. The van der Waals surface area contributed by atoms with Crippen molar-refractivity contribution in [3.8, 4) is 0 Å². The molecule has 1 aromatic rings. The van der Waals surface area contributed by atoms with Gasteiger partial charge in [-0.15, -0.1) is 0 Å². The van der Waals surface area contributed by atoms with Crippen LogP contribution in [0.2, 0.25) is 0 Å². The Bertz CT molecular complexity index is 315. The zero-order chi connectivity index (χ0) is 11.4. The standard InChI is InChI=1S/C14H21NO/c1-12-7-9-14(16,10-8-12)11-15-13-5-3-2-4-6-13/h2-6,12,15-16H,7-11H2,1H3. The summed E-state index contributed by atoms with van der Waals surface area (Å²) < 4.78 is 0. The first-order valence-electron chi connectivity index (χ1n) is 6.19. The maximum atomic E-state index is 10.4. The van der Waals surface area contributed by atoms with Gasteiger partial charge in [0.1, 0.15) is 0 Å². The molecule has 2 rings (SSSR count). The second-order valence-corrected chi connectivity index (χ2v) is 5.13. The van der Waals surface area contributed by atoms with E-state index in [0.717, 1.165) is 37.3 Å². The SMILES string of the molecule is CC1CCC(O)(CNc2ccccc2)CC1. The summed E-state index contributed by atoms with van der Waals surface area (Å²) in [5, 5.41) is 13.7. The summed E-state index contributed by atoms with van der Waals surface area (Å²) in [5.74, 6) is 0.775. The molecule has 1 saturated carbocycles. The topological polar surface area (TPSA) is 32.3 Å². The monoisotopic (exact) mass is 219 g/mol. The first-order chi connectivity index (χ1) is 7.68. The lowest BCUT2D eigenvalue weighted by atomic mass is 9.79. The molecule has 2 N–H and O–H groups in total. The van der Waals surface area contributed by atoms with Crippen LogP contribution in [0.25, 0.3) is 0 Å². The van der Waals surface area contributed by atoms with Crippen LogP contribution in [0.4, 0.5) is 5.69 Å². The highest BCUT2D eigenvalue weighted by atomic mass is 16.3. The smallest absolute Gasteiger partial charge is 0.0819 e. The lowest BCUT2D eigenvalue weighted by Gasteiger charge is -2.35. The third-order valence-corrected chi connectivity index (χ3v) is 3.60. The highest BCUT2D eigenvalue weighted by Gasteiger charge is 2.31. The van der Waals surface area contributed by atoms with Crippen LogP contribution in [0.5, 0.6) is 0 Å². The molecule has 0 aliphatic heterocycles. The van der Waals surface area contributed by atoms with Crippen molar-refractivity contribution in [3.05, 3.63) is 30.3 Å². The number of para-hydroxylation sites is 1. The molecule has 1 aliphatic rings. The molecule has 0 radical (unpaired) electrons. The number of hydrogen-bond acceptors (Lipinski definition) is 2. The summed E-state index contributed by atoms with van der Waals surface area (Å²) >= 11 is 0. The van der Waals surface area contributed by atoms with Gasteiger partial charge >= 0.3 is 0 Å². The van der Waals surface area contributed by atoms with Crippen LogP contribution in [0.15, 0.2) is 30.3 Å². The Labute approximate surface area is 97.7 Å².